The number of carbonyl (C=O) groups excluding carboxylic acids is 2. The van der Waals surface area contributed by atoms with Crippen molar-refractivity contribution < 1.29 is 24.2 Å². The lowest BCUT2D eigenvalue weighted by Gasteiger charge is -2.16. The summed E-state index contributed by atoms with van der Waals surface area (Å²) in [5, 5.41) is 15.0. The summed E-state index contributed by atoms with van der Waals surface area (Å²) in [7, 11) is 0. The first-order chi connectivity index (χ1) is 16.5. The van der Waals surface area contributed by atoms with Crippen molar-refractivity contribution in [3.05, 3.63) is 59.7 Å². The molecule has 2 aromatic carbocycles. The number of ether oxygens (including phenoxy) is 1. The number of thioether (sulfide) groups is 1. The molecule has 0 aromatic heterocycles. The second-order valence-corrected chi connectivity index (χ2v) is 10.5. The minimum absolute atomic E-state index is 0.0260. The fourth-order valence-electron chi connectivity index (χ4n) is 5.57. The van der Waals surface area contributed by atoms with E-state index in [1.54, 1.807) is 0 Å². The van der Waals surface area contributed by atoms with Crippen LogP contribution in [0.1, 0.15) is 36.3 Å². The smallest absolute Gasteiger partial charge is 0.407 e. The molecule has 0 unspecified atom stereocenters. The number of carboxylic acid groups (broad SMARTS) is 1. The monoisotopic (exact) mass is 480 g/mol. The summed E-state index contributed by atoms with van der Waals surface area (Å²) in [5.41, 5.74) is 4.14. The van der Waals surface area contributed by atoms with Gasteiger partial charge in [0.2, 0.25) is 5.91 Å². The van der Waals surface area contributed by atoms with Crippen LogP contribution in [-0.4, -0.2) is 53.8 Å². The molecule has 7 nitrogen and oxygen atoms in total. The van der Waals surface area contributed by atoms with Crippen molar-refractivity contribution in [2.24, 2.45) is 11.3 Å². The van der Waals surface area contributed by atoms with E-state index < -0.39 is 17.5 Å². The first-order valence-electron chi connectivity index (χ1n) is 11.7. The number of fused-ring (bicyclic) bond motifs is 4. The molecule has 5 rings (SSSR count). The van der Waals surface area contributed by atoms with E-state index in [1.165, 1.54) is 34.0 Å². The number of carboxylic acids is 1. The minimum atomic E-state index is -0.733. The molecule has 3 atom stereocenters. The van der Waals surface area contributed by atoms with E-state index in [0.29, 0.717) is 18.7 Å². The highest BCUT2D eigenvalue weighted by Crippen LogP contribution is 2.63. The summed E-state index contributed by atoms with van der Waals surface area (Å²) in [5.74, 6) is 0.292. The van der Waals surface area contributed by atoms with Crippen LogP contribution in [-0.2, 0) is 14.3 Å². The molecule has 2 fully saturated rings. The third kappa shape index (κ3) is 4.39. The van der Waals surface area contributed by atoms with Crippen LogP contribution in [0.25, 0.3) is 11.1 Å². The van der Waals surface area contributed by atoms with E-state index in [-0.39, 0.29) is 36.1 Å². The lowest BCUT2D eigenvalue weighted by atomic mass is 9.98. The predicted octanol–water partition coefficient (Wildman–Crippen LogP) is 3.63. The Balaban J connectivity index is 0.994. The van der Waals surface area contributed by atoms with E-state index in [0.717, 1.165) is 12.8 Å². The summed E-state index contributed by atoms with van der Waals surface area (Å²) in [6.45, 7) is 0.678. The molecule has 178 valence electrons. The minimum Gasteiger partial charge on any atom is -0.481 e. The summed E-state index contributed by atoms with van der Waals surface area (Å²) in [6.07, 6.45) is 1.57. The van der Waals surface area contributed by atoms with E-state index in [1.807, 2.05) is 24.3 Å². The van der Waals surface area contributed by atoms with Gasteiger partial charge >= 0.3 is 12.1 Å². The normalized spacial score (nSPS) is 24.0. The van der Waals surface area contributed by atoms with Gasteiger partial charge in [0.1, 0.15) is 6.61 Å². The predicted molar refractivity (Wildman–Crippen MR) is 130 cm³/mol. The molecule has 34 heavy (non-hydrogen) atoms. The van der Waals surface area contributed by atoms with Crippen LogP contribution in [0.3, 0.4) is 0 Å². The first-order valence-corrected chi connectivity index (χ1v) is 12.8. The van der Waals surface area contributed by atoms with Crippen LogP contribution in [0.5, 0.6) is 0 Å². The average Bonchev–Trinajstić information content (AvgIpc) is 3.26. The van der Waals surface area contributed by atoms with Crippen LogP contribution in [0, 0.1) is 11.3 Å². The second-order valence-electron chi connectivity index (χ2n) is 9.37. The molecule has 0 spiro atoms. The number of nitrogens with one attached hydrogen (secondary N) is 2. The molecule has 8 heteroatoms. The Morgan fingerprint density at radius 1 is 1.03 bits per heavy atom. The third-order valence-electron chi connectivity index (χ3n) is 7.30. The van der Waals surface area contributed by atoms with Gasteiger partial charge in [0.15, 0.2) is 0 Å². The van der Waals surface area contributed by atoms with Crippen molar-refractivity contribution in [3.63, 3.8) is 0 Å². The second kappa shape index (κ2) is 9.33. The highest BCUT2D eigenvalue weighted by atomic mass is 32.2. The summed E-state index contributed by atoms with van der Waals surface area (Å²) < 4.78 is 5.51. The SMILES string of the molecule is O=C(CSCCNC(=O)OCC1c2ccccc2-c2ccccc21)N[C@@H]1C[C@H]2C[C@@]2(C(=O)O)C1. The van der Waals surface area contributed by atoms with E-state index in [4.69, 9.17) is 4.74 Å². The Labute approximate surface area is 202 Å². The lowest BCUT2D eigenvalue weighted by molar-refractivity contribution is -0.143. The molecule has 0 radical (unpaired) electrons. The molecule has 3 aliphatic rings. The standard InChI is InChI=1S/C26H28N2O5S/c29-23(28-17-11-16-12-26(16,13-17)24(30)31)15-34-10-9-27-25(32)33-14-22-20-7-3-1-5-18(20)19-6-2-4-8-21(19)22/h1-8,16-17,22H,9-15H2,(H,27,32)(H,28,29)(H,30,31)/t16-,17+,26+/m0/s1. The van der Waals surface area contributed by atoms with Crippen LogP contribution < -0.4 is 10.6 Å². The van der Waals surface area contributed by atoms with Crippen molar-refractivity contribution in [1.82, 2.24) is 10.6 Å². The molecule has 0 heterocycles. The number of hydrogen-bond acceptors (Lipinski definition) is 5. The molecule has 3 N–H and O–H groups in total. The van der Waals surface area contributed by atoms with E-state index >= 15 is 0 Å². The number of hydrogen-bond donors (Lipinski definition) is 3. The van der Waals surface area contributed by atoms with Gasteiger partial charge in [-0.3, -0.25) is 9.59 Å². The molecule has 0 bridgehead atoms. The molecule has 2 saturated carbocycles. The van der Waals surface area contributed by atoms with Gasteiger partial charge in [0, 0.05) is 24.3 Å². The molecule has 2 amide bonds. The highest BCUT2D eigenvalue weighted by Gasteiger charge is 2.65. The number of alkyl carbamates (subject to hydrolysis) is 1. The number of aliphatic carboxylic acids is 1. The van der Waals surface area contributed by atoms with Crippen LogP contribution in [0.4, 0.5) is 4.79 Å². The number of carbonyl (C=O) groups is 3. The van der Waals surface area contributed by atoms with Gasteiger partial charge in [0.25, 0.3) is 0 Å². The van der Waals surface area contributed by atoms with Gasteiger partial charge in [-0.05, 0) is 47.4 Å². The largest absolute Gasteiger partial charge is 0.481 e. The molecule has 2 aromatic rings. The Morgan fingerprint density at radius 3 is 2.35 bits per heavy atom. The summed E-state index contributed by atoms with van der Waals surface area (Å²) in [4.78, 5) is 35.7. The lowest BCUT2D eigenvalue weighted by Crippen LogP contribution is -2.36. The Hall–Kier alpha value is -3.00. The third-order valence-corrected chi connectivity index (χ3v) is 8.25. The zero-order valence-electron chi connectivity index (χ0n) is 18.8. The van der Waals surface area contributed by atoms with Gasteiger partial charge in [-0.25, -0.2) is 4.79 Å². The number of amides is 2. The Morgan fingerprint density at radius 2 is 1.71 bits per heavy atom. The van der Waals surface area contributed by atoms with Gasteiger partial charge in [0.05, 0.1) is 11.2 Å². The highest BCUT2D eigenvalue weighted by molar-refractivity contribution is 7.99. The van der Waals surface area contributed by atoms with E-state index in [2.05, 4.69) is 34.9 Å². The fourth-order valence-corrected chi connectivity index (χ4v) is 6.23. The zero-order chi connectivity index (χ0) is 23.7. The molecule has 0 saturated heterocycles. The maximum absolute atomic E-state index is 12.2. The first kappa shape index (κ1) is 22.8. The van der Waals surface area contributed by atoms with Crippen molar-refractivity contribution >= 4 is 29.7 Å². The number of benzene rings is 2. The zero-order valence-corrected chi connectivity index (χ0v) is 19.6. The Bertz CT molecular complexity index is 1080. The maximum Gasteiger partial charge on any atom is 0.407 e. The van der Waals surface area contributed by atoms with Crippen molar-refractivity contribution in [2.75, 3.05) is 24.7 Å². The van der Waals surface area contributed by atoms with Gasteiger partial charge in [-0.1, -0.05) is 48.5 Å². The fraction of sp³-hybridized carbons (Fsp3) is 0.423. The topological polar surface area (TPSA) is 105 Å². The van der Waals surface area contributed by atoms with Crippen molar-refractivity contribution in [1.29, 1.82) is 0 Å². The summed E-state index contributed by atoms with van der Waals surface area (Å²) in [6, 6.07) is 16.4. The molecular weight excluding hydrogens is 452 g/mol. The molecule has 3 aliphatic carbocycles. The number of rotatable bonds is 9. The molecule has 0 aliphatic heterocycles. The molecular formula is C26H28N2O5S. The van der Waals surface area contributed by atoms with Crippen molar-refractivity contribution in [2.45, 2.75) is 31.2 Å². The summed E-state index contributed by atoms with van der Waals surface area (Å²) >= 11 is 1.43. The quantitative estimate of drug-likeness (QED) is 0.474. The Kier molecular flexibility index (Phi) is 6.25. The van der Waals surface area contributed by atoms with Gasteiger partial charge in [-0.2, -0.15) is 11.8 Å². The van der Waals surface area contributed by atoms with Crippen LogP contribution in [0.15, 0.2) is 48.5 Å². The van der Waals surface area contributed by atoms with Gasteiger partial charge in [-0.15, -0.1) is 0 Å². The van der Waals surface area contributed by atoms with Crippen molar-refractivity contribution in [3.8, 4) is 11.1 Å². The van der Waals surface area contributed by atoms with Gasteiger partial charge < -0.3 is 20.5 Å². The van der Waals surface area contributed by atoms with Crippen LogP contribution >= 0.6 is 11.8 Å². The average molecular weight is 481 g/mol. The van der Waals surface area contributed by atoms with E-state index in [9.17, 15) is 19.5 Å². The maximum atomic E-state index is 12.2. The van der Waals surface area contributed by atoms with Crippen LogP contribution in [0.2, 0.25) is 0 Å².